The first-order valence-corrected chi connectivity index (χ1v) is 9.83. The third-order valence-electron chi connectivity index (χ3n) is 5.85. The maximum atomic E-state index is 13.0. The Balaban J connectivity index is 1.44. The number of amides is 1. The van der Waals surface area contributed by atoms with Gasteiger partial charge in [0.2, 0.25) is 5.91 Å². The Morgan fingerprint density at radius 1 is 1.16 bits per heavy atom. The van der Waals surface area contributed by atoms with E-state index in [1.54, 1.807) is 0 Å². The van der Waals surface area contributed by atoms with Crippen LogP contribution in [0.25, 0.3) is 0 Å². The molecule has 1 aliphatic carbocycles. The van der Waals surface area contributed by atoms with Crippen LogP contribution in [0, 0.1) is 17.7 Å². The number of likely N-dealkylation sites (tertiary alicyclic amines) is 1. The van der Waals surface area contributed by atoms with Crippen LogP contribution in [0.4, 0.5) is 4.39 Å². The quantitative estimate of drug-likeness (QED) is 0.784. The normalized spacial score (nSPS) is 22.2. The van der Waals surface area contributed by atoms with Crippen molar-refractivity contribution < 1.29 is 9.18 Å². The summed E-state index contributed by atoms with van der Waals surface area (Å²) in [6.07, 6.45) is 7.98. The Morgan fingerprint density at radius 2 is 1.88 bits per heavy atom. The van der Waals surface area contributed by atoms with Gasteiger partial charge in [0.25, 0.3) is 0 Å². The van der Waals surface area contributed by atoms with E-state index in [4.69, 9.17) is 0 Å². The van der Waals surface area contributed by atoms with Crippen molar-refractivity contribution in [1.82, 2.24) is 9.80 Å². The van der Waals surface area contributed by atoms with Crippen LogP contribution in [0.3, 0.4) is 0 Å². The van der Waals surface area contributed by atoms with Crippen LogP contribution in [-0.4, -0.2) is 48.9 Å². The van der Waals surface area contributed by atoms with Gasteiger partial charge in [-0.1, -0.05) is 25.0 Å². The van der Waals surface area contributed by atoms with Crippen molar-refractivity contribution in [2.24, 2.45) is 11.8 Å². The molecule has 1 aromatic carbocycles. The Kier molecular flexibility index (Phi) is 6.46. The number of hydrogen-bond acceptors (Lipinski definition) is 2. The van der Waals surface area contributed by atoms with Crippen LogP contribution in [0.15, 0.2) is 24.3 Å². The lowest BCUT2D eigenvalue weighted by molar-refractivity contribution is -0.134. The summed E-state index contributed by atoms with van der Waals surface area (Å²) in [7, 11) is 1.98. The molecule has 0 aromatic heterocycles. The predicted octanol–water partition coefficient (Wildman–Crippen LogP) is 3.73. The van der Waals surface area contributed by atoms with E-state index in [0.717, 1.165) is 45.4 Å². The molecule has 2 aliphatic rings. The van der Waals surface area contributed by atoms with E-state index in [0.29, 0.717) is 11.8 Å². The van der Waals surface area contributed by atoms with Crippen LogP contribution < -0.4 is 0 Å². The van der Waals surface area contributed by atoms with Gasteiger partial charge in [-0.25, -0.2) is 4.39 Å². The zero-order valence-electron chi connectivity index (χ0n) is 15.4. The molecule has 0 bridgehead atoms. The van der Waals surface area contributed by atoms with Gasteiger partial charge < -0.3 is 9.80 Å². The molecule has 2 fully saturated rings. The fraction of sp³-hybridized carbons (Fsp3) is 0.667. The van der Waals surface area contributed by atoms with E-state index in [-0.39, 0.29) is 11.7 Å². The van der Waals surface area contributed by atoms with Crippen molar-refractivity contribution >= 4 is 5.91 Å². The highest BCUT2D eigenvalue weighted by Crippen LogP contribution is 2.27. The van der Waals surface area contributed by atoms with E-state index in [9.17, 15) is 9.18 Å². The van der Waals surface area contributed by atoms with Gasteiger partial charge in [-0.2, -0.15) is 0 Å². The SMILES string of the molecule is CN(C[C@@H]1CCCN(CCc2ccc(F)cc2)C1)C(=O)C1CCCC1. The molecule has 1 amide bonds. The minimum atomic E-state index is -0.170. The van der Waals surface area contributed by atoms with Crippen LogP contribution in [-0.2, 0) is 11.2 Å². The molecule has 4 heteroatoms. The van der Waals surface area contributed by atoms with Crippen LogP contribution in [0.1, 0.15) is 44.1 Å². The zero-order valence-corrected chi connectivity index (χ0v) is 15.4. The fourth-order valence-corrected chi connectivity index (χ4v) is 4.40. The highest BCUT2D eigenvalue weighted by molar-refractivity contribution is 5.78. The Bertz CT molecular complexity index is 554. The first-order chi connectivity index (χ1) is 12.1. The second-order valence-corrected chi connectivity index (χ2v) is 7.89. The van der Waals surface area contributed by atoms with Gasteiger partial charge >= 0.3 is 0 Å². The molecule has 0 N–H and O–H groups in total. The van der Waals surface area contributed by atoms with E-state index in [2.05, 4.69) is 4.90 Å². The first-order valence-electron chi connectivity index (χ1n) is 9.83. The van der Waals surface area contributed by atoms with Gasteiger partial charge in [-0.05, 0) is 62.3 Å². The molecule has 1 saturated carbocycles. The van der Waals surface area contributed by atoms with Crippen molar-refractivity contribution in [2.45, 2.75) is 44.9 Å². The zero-order chi connectivity index (χ0) is 17.6. The summed E-state index contributed by atoms with van der Waals surface area (Å²) in [5, 5.41) is 0. The van der Waals surface area contributed by atoms with Crippen molar-refractivity contribution in [3.63, 3.8) is 0 Å². The number of rotatable bonds is 6. The van der Waals surface area contributed by atoms with E-state index >= 15 is 0 Å². The van der Waals surface area contributed by atoms with Gasteiger partial charge in [0.15, 0.2) is 0 Å². The van der Waals surface area contributed by atoms with Gasteiger partial charge in [0.05, 0.1) is 0 Å². The van der Waals surface area contributed by atoms with Gasteiger partial charge in [0.1, 0.15) is 5.82 Å². The van der Waals surface area contributed by atoms with E-state index in [1.807, 2.05) is 24.1 Å². The van der Waals surface area contributed by atoms with Gasteiger partial charge in [-0.15, -0.1) is 0 Å². The van der Waals surface area contributed by atoms with Crippen molar-refractivity contribution in [3.8, 4) is 0 Å². The van der Waals surface area contributed by atoms with E-state index < -0.39 is 0 Å². The Morgan fingerprint density at radius 3 is 2.60 bits per heavy atom. The number of hydrogen-bond donors (Lipinski definition) is 0. The molecule has 0 radical (unpaired) electrons. The van der Waals surface area contributed by atoms with Gasteiger partial charge in [-0.3, -0.25) is 4.79 Å². The molecule has 1 aliphatic heterocycles. The molecule has 3 nitrogen and oxygen atoms in total. The van der Waals surface area contributed by atoms with Crippen LogP contribution in [0.5, 0.6) is 0 Å². The summed E-state index contributed by atoms with van der Waals surface area (Å²) >= 11 is 0. The molecular weight excluding hydrogens is 315 g/mol. The number of benzene rings is 1. The Hall–Kier alpha value is -1.42. The monoisotopic (exact) mass is 346 g/mol. The smallest absolute Gasteiger partial charge is 0.225 e. The molecule has 3 rings (SSSR count). The molecule has 1 aromatic rings. The lowest BCUT2D eigenvalue weighted by atomic mass is 9.96. The number of nitrogens with zero attached hydrogens (tertiary/aromatic N) is 2. The minimum absolute atomic E-state index is 0.170. The van der Waals surface area contributed by atoms with Crippen molar-refractivity contribution in [3.05, 3.63) is 35.6 Å². The lowest BCUT2D eigenvalue weighted by Crippen LogP contribution is -2.43. The summed E-state index contributed by atoms with van der Waals surface area (Å²) in [6, 6.07) is 6.84. The van der Waals surface area contributed by atoms with Gasteiger partial charge in [0, 0.05) is 32.6 Å². The molecule has 1 atom stereocenters. The summed E-state index contributed by atoms with van der Waals surface area (Å²) in [5.41, 5.74) is 1.19. The average Bonchev–Trinajstić information content (AvgIpc) is 3.15. The van der Waals surface area contributed by atoms with E-state index in [1.165, 1.54) is 43.4 Å². The average molecular weight is 346 g/mol. The van der Waals surface area contributed by atoms with Crippen LogP contribution >= 0.6 is 0 Å². The molecular formula is C21H31FN2O. The molecule has 0 spiro atoms. The summed E-state index contributed by atoms with van der Waals surface area (Å²) < 4.78 is 13.0. The van der Waals surface area contributed by atoms with Crippen LogP contribution in [0.2, 0.25) is 0 Å². The van der Waals surface area contributed by atoms with Crippen molar-refractivity contribution in [2.75, 3.05) is 33.2 Å². The molecule has 1 heterocycles. The second kappa shape index (κ2) is 8.79. The Labute approximate surface area is 151 Å². The number of carbonyl (C=O) groups is 1. The summed E-state index contributed by atoms with van der Waals surface area (Å²) in [6.45, 7) is 4.12. The predicted molar refractivity (Wildman–Crippen MR) is 98.9 cm³/mol. The lowest BCUT2D eigenvalue weighted by Gasteiger charge is -2.35. The first kappa shape index (κ1) is 18.4. The number of halogens is 1. The molecule has 138 valence electrons. The fourth-order valence-electron chi connectivity index (χ4n) is 4.40. The topological polar surface area (TPSA) is 23.6 Å². The summed E-state index contributed by atoms with van der Waals surface area (Å²) in [4.78, 5) is 17.0. The second-order valence-electron chi connectivity index (χ2n) is 7.89. The third kappa shape index (κ3) is 5.27. The molecule has 25 heavy (non-hydrogen) atoms. The third-order valence-corrected chi connectivity index (χ3v) is 5.85. The highest BCUT2D eigenvalue weighted by Gasteiger charge is 2.28. The molecule has 0 unspecified atom stereocenters. The maximum Gasteiger partial charge on any atom is 0.225 e. The maximum absolute atomic E-state index is 13.0. The standard InChI is InChI=1S/C21H31FN2O/c1-23(21(25)19-6-2-3-7-19)15-18-5-4-13-24(16-18)14-12-17-8-10-20(22)11-9-17/h8-11,18-19H,2-7,12-16H2,1H3/t18-/m0/s1. The minimum Gasteiger partial charge on any atom is -0.345 e. The van der Waals surface area contributed by atoms with Crippen molar-refractivity contribution in [1.29, 1.82) is 0 Å². The largest absolute Gasteiger partial charge is 0.345 e. The highest BCUT2D eigenvalue weighted by atomic mass is 19.1. The number of carbonyl (C=O) groups excluding carboxylic acids is 1. The summed E-state index contributed by atoms with van der Waals surface area (Å²) in [5.74, 6) is 1.05. The number of piperidine rings is 1. The molecule has 1 saturated heterocycles.